The number of hydrogen-bond donors (Lipinski definition) is 1. The molecule has 0 spiro atoms. The fourth-order valence-electron chi connectivity index (χ4n) is 3.30. The summed E-state index contributed by atoms with van der Waals surface area (Å²) in [5.41, 5.74) is 2.87. The predicted octanol–water partition coefficient (Wildman–Crippen LogP) is 4.16. The molecule has 0 aliphatic heterocycles. The van der Waals surface area contributed by atoms with Crippen molar-refractivity contribution in [1.29, 1.82) is 0 Å². The Morgan fingerprint density at radius 1 is 0.867 bits per heavy atom. The molecule has 0 bridgehead atoms. The number of sulfone groups is 1. The molecule has 2 aromatic heterocycles. The van der Waals surface area contributed by atoms with Crippen LogP contribution in [0.4, 0.5) is 11.5 Å². The van der Waals surface area contributed by atoms with Crippen LogP contribution in [0, 0.1) is 6.92 Å². The molecule has 5 aromatic rings. The molecule has 0 unspecified atom stereocenters. The van der Waals surface area contributed by atoms with Crippen molar-refractivity contribution < 1.29 is 8.42 Å². The summed E-state index contributed by atoms with van der Waals surface area (Å²) >= 11 is 0. The van der Waals surface area contributed by atoms with Gasteiger partial charge in [0.15, 0.2) is 5.65 Å². The molecule has 8 heteroatoms. The topological polar surface area (TPSA) is 89.2 Å². The summed E-state index contributed by atoms with van der Waals surface area (Å²) in [5, 5.41) is 12.0. The summed E-state index contributed by atoms with van der Waals surface area (Å²) < 4.78 is 27.8. The van der Waals surface area contributed by atoms with Crippen LogP contribution in [0.2, 0.25) is 0 Å². The average molecular weight is 415 g/mol. The third kappa shape index (κ3) is 2.98. The van der Waals surface area contributed by atoms with Gasteiger partial charge in [-0.3, -0.25) is 0 Å². The lowest BCUT2D eigenvalue weighted by Crippen LogP contribution is -2.05. The molecule has 0 atom stereocenters. The lowest BCUT2D eigenvalue weighted by Gasteiger charge is -2.11. The van der Waals surface area contributed by atoms with E-state index in [1.54, 1.807) is 18.2 Å². The fraction of sp³-hybridized carbons (Fsp3) is 0.0455. The number of nitrogens with one attached hydrogen (secondary N) is 1. The van der Waals surface area contributed by atoms with Crippen molar-refractivity contribution in [3.8, 4) is 0 Å². The van der Waals surface area contributed by atoms with Crippen LogP contribution in [-0.4, -0.2) is 28.2 Å². The molecular weight excluding hydrogens is 398 g/mol. The highest BCUT2D eigenvalue weighted by atomic mass is 32.2. The van der Waals surface area contributed by atoms with Crippen LogP contribution >= 0.6 is 0 Å². The summed E-state index contributed by atoms with van der Waals surface area (Å²) in [4.78, 5) is 4.77. The number of hydrogen-bond acceptors (Lipinski definition) is 6. The Bertz CT molecular complexity index is 1480. The third-order valence-electron chi connectivity index (χ3n) is 4.84. The zero-order valence-electron chi connectivity index (χ0n) is 16.0. The first-order chi connectivity index (χ1) is 14.5. The maximum atomic E-state index is 13.2. The van der Waals surface area contributed by atoms with Gasteiger partial charge >= 0.3 is 0 Å². The Morgan fingerprint density at radius 3 is 2.33 bits per heavy atom. The van der Waals surface area contributed by atoms with Crippen molar-refractivity contribution in [1.82, 2.24) is 19.8 Å². The number of fused-ring (bicyclic) bond motifs is 3. The Balaban J connectivity index is 1.74. The summed E-state index contributed by atoms with van der Waals surface area (Å²) in [6.07, 6.45) is 0. The van der Waals surface area contributed by atoms with Gasteiger partial charge in [-0.1, -0.05) is 53.2 Å². The molecule has 0 saturated heterocycles. The lowest BCUT2D eigenvalue weighted by molar-refractivity contribution is 0.592. The van der Waals surface area contributed by atoms with Gasteiger partial charge in [-0.15, -0.1) is 5.10 Å². The highest BCUT2D eigenvalue weighted by molar-refractivity contribution is 7.91. The van der Waals surface area contributed by atoms with Gasteiger partial charge in [-0.2, -0.15) is 4.52 Å². The van der Waals surface area contributed by atoms with E-state index in [0.29, 0.717) is 11.3 Å². The molecule has 30 heavy (non-hydrogen) atoms. The molecule has 1 N–H and O–H groups in total. The summed E-state index contributed by atoms with van der Waals surface area (Å²) in [5.74, 6) is 0.536. The number of aryl methyl sites for hydroxylation is 1. The normalized spacial score (nSPS) is 11.8. The van der Waals surface area contributed by atoms with E-state index >= 15 is 0 Å². The molecule has 2 heterocycles. The van der Waals surface area contributed by atoms with Gasteiger partial charge in [0.2, 0.25) is 14.9 Å². The second kappa shape index (κ2) is 6.93. The Kier molecular flexibility index (Phi) is 4.22. The fourth-order valence-corrected chi connectivity index (χ4v) is 4.55. The van der Waals surface area contributed by atoms with Crippen LogP contribution in [0.15, 0.2) is 88.8 Å². The van der Waals surface area contributed by atoms with E-state index in [9.17, 15) is 8.42 Å². The maximum Gasteiger partial charge on any atom is 0.229 e. The first-order valence-corrected chi connectivity index (χ1v) is 10.8. The van der Waals surface area contributed by atoms with Gasteiger partial charge in [0.1, 0.15) is 5.82 Å². The van der Waals surface area contributed by atoms with Gasteiger partial charge in [0.05, 0.1) is 10.4 Å². The Labute approximate surface area is 172 Å². The van der Waals surface area contributed by atoms with Gasteiger partial charge in [0.25, 0.3) is 0 Å². The first-order valence-electron chi connectivity index (χ1n) is 9.32. The molecule has 3 aromatic carbocycles. The van der Waals surface area contributed by atoms with Gasteiger partial charge in [0, 0.05) is 11.1 Å². The van der Waals surface area contributed by atoms with Crippen LogP contribution < -0.4 is 5.32 Å². The molecule has 5 rings (SSSR count). The molecule has 0 radical (unpaired) electrons. The molecule has 0 saturated carbocycles. The number of rotatable bonds is 4. The van der Waals surface area contributed by atoms with E-state index in [1.165, 1.54) is 16.6 Å². The zero-order valence-corrected chi connectivity index (χ0v) is 16.8. The smallest absolute Gasteiger partial charge is 0.229 e. The minimum absolute atomic E-state index is 0.149. The van der Waals surface area contributed by atoms with E-state index in [4.69, 9.17) is 0 Å². The molecule has 7 nitrogen and oxygen atoms in total. The summed E-state index contributed by atoms with van der Waals surface area (Å²) in [7, 11) is -3.87. The van der Waals surface area contributed by atoms with Gasteiger partial charge < -0.3 is 5.32 Å². The summed E-state index contributed by atoms with van der Waals surface area (Å²) in [6, 6.07) is 23.6. The number of aromatic nitrogens is 4. The van der Waals surface area contributed by atoms with Crippen molar-refractivity contribution >= 4 is 37.9 Å². The van der Waals surface area contributed by atoms with Crippen molar-refractivity contribution in [3.05, 3.63) is 84.4 Å². The first kappa shape index (κ1) is 18.3. The number of para-hydroxylation sites is 1. The van der Waals surface area contributed by atoms with Gasteiger partial charge in [-0.25, -0.2) is 13.4 Å². The van der Waals surface area contributed by atoms with E-state index in [-0.39, 0.29) is 15.6 Å². The highest BCUT2D eigenvalue weighted by Crippen LogP contribution is 2.29. The monoisotopic (exact) mass is 415 g/mol. The Morgan fingerprint density at radius 2 is 1.57 bits per heavy atom. The predicted molar refractivity (Wildman–Crippen MR) is 115 cm³/mol. The highest BCUT2D eigenvalue weighted by Gasteiger charge is 2.26. The SMILES string of the molecule is Cc1ccc(Nc2nc3c(S(=O)(=O)c4ccccc4)nnn3c3ccccc23)cc1. The van der Waals surface area contributed by atoms with Crippen LogP contribution in [0.1, 0.15) is 5.56 Å². The molecule has 0 amide bonds. The lowest BCUT2D eigenvalue weighted by atomic mass is 10.2. The molecule has 148 valence electrons. The molecule has 0 aliphatic carbocycles. The van der Waals surface area contributed by atoms with Crippen LogP contribution in [0.25, 0.3) is 16.6 Å². The standard InChI is InChI=1S/C22H17N5O2S/c1-15-11-13-16(14-12-15)23-20-18-9-5-6-10-19(18)27-21(24-20)22(25-26-27)30(28,29)17-7-3-2-4-8-17/h2-14H,1H3,(H,23,24). The average Bonchev–Trinajstić information content (AvgIpc) is 3.21. The third-order valence-corrected chi connectivity index (χ3v) is 6.51. The van der Waals surface area contributed by atoms with Crippen molar-refractivity contribution in [3.63, 3.8) is 0 Å². The van der Waals surface area contributed by atoms with Crippen molar-refractivity contribution in [2.75, 3.05) is 5.32 Å². The number of anilines is 2. The quantitative estimate of drug-likeness (QED) is 0.474. The van der Waals surface area contributed by atoms with Gasteiger partial charge in [-0.05, 0) is 43.3 Å². The molecular formula is C22H17N5O2S. The van der Waals surface area contributed by atoms with Crippen LogP contribution in [0.5, 0.6) is 0 Å². The minimum atomic E-state index is -3.87. The largest absolute Gasteiger partial charge is 0.340 e. The second-order valence-electron chi connectivity index (χ2n) is 6.92. The van der Waals surface area contributed by atoms with E-state index < -0.39 is 9.84 Å². The van der Waals surface area contributed by atoms with Crippen LogP contribution in [-0.2, 0) is 9.84 Å². The number of nitrogens with zero attached hydrogens (tertiary/aromatic N) is 4. The minimum Gasteiger partial charge on any atom is -0.340 e. The Hall–Kier alpha value is -3.78. The maximum absolute atomic E-state index is 13.2. The van der Waals surface area contributed by atoms with E-state index in [2.05, 4.69) is 20.6 Å². The molecule has 0 fully saturated rings. The van der Waals surface area contributed by atoms with E-state index in [1.807, 2.05) is 55.5 Å². The van der Waals surface area contributed by atoms with Crippen molar-refractivity contribution in [2.24, 2.45) is 0 Å². The molecule has 0 aliphatic rings. The van der Waals surface area contributed by atoms with E-state index in [0.717, 1.165) is 16.6 Å². The number of benzene rings is 3. The van der Waals surface area contributed by atoms with Crippen molar-refractivity contribution in [2.45, 2.75) is 16.8 Å². The van der Waals surface area contributed by atoms with Crippen LogP contribution in [0.3, 0.4) is 0 Å². The summed E-state index contributed by atoms with van der Waals surface area (Å²) in [6.45, 7) is 2.02. The zero-order chi connectivity index (χ0) is 20.7. The second-order valence-corrected chi connectivity index (χ2v) is 8.78.